The summed E-state index contributed by atoms with van der Waals surface area (Å²) in [5.41, 5.74) is 6.88. The summed E-state index contributed by atoms with van der Waals surface area (Å²) in [4.78, 5) is 11.3. The highest BCUT2D eigenvalue weighted by Crippen LogP contribution is 2.39. The van der Waals surface area contributed by atoms with Crippen molar-refractivity contribution in [2.24, 2.45) is 11.1 Å². The monoisotopic (exact) mass is 278 g/mol. The SMILES string of the molecule is CCC1(CC)CCN(c2nccnc2C(N)=S)CC1. The molecule has 2 heterocycles. The molecular formula is C14H22N4S. The molecule has 1 aliphatic rings. The highest BCUT2D eigenvalue weighted by molar-refractivity contribution is 7.80. The first-order valence-corrected chi connectivity index (χ1v) is 7.38. The van der Waals surface area contributed by atoms with E-state index in [2.05, 4.69) is 28.7 Å². The maximum Gasteiger partial charge on any atom is 0.157 e. The third-order valence-corrected chi connectivity index (χ3v) is 4.73. The maximum absolute atomic E-state index is 5.73. The summed E-state index contributed by atoms with van der Waals surface area (Å²) < 4.78 is 0. The average molecular weight is 278 g/mol. The van der Waals surface area contributed by atoms with Crippen LogP contribution in [0.2, 0.25) is 0 Å². The Labute approximate surface area is 120 Å². The second kappa shape index (κ2) is 5.82. The minimum absolute atomic E-state index is 0.325. The molecule has 0 amide bonds. The Morgan fingerprint density at radius 1 is 1.26 bits per heavy atom. The van der Waals surface area contributed by atoms with E-state index in [0.29, 0.717) is 16.1 Å². The first-order valence-electron chi connectivity index (χ1n) is 6.97. The summed E-state index contributed by atoms with van der Waals surface area (Å²) in [5.74, 6) is 0.843. The van der Waals surface area contributed by atoms with Crippen LogP contribution < -0.4 is 10.6 Å². The molecular weight excluding hydrogens is 256 g/mol. The number of hydrogen-bond acceptors (Lipinski definition) is 4. The standard InChI is InChI=1S/C14H22N4S/c1-3-14(4-2)5-9-18(10-6-14)13-11(12(15)19)16-7-8-17-13/h7-8H,3-6,9-10H2,1-2H3,(H2,15,19). The van der Waals surface area contributed by atoms with Crippen molar-refractivity contribution in [3.8, 4) is 0 Å². The molecule has 2 N–H and O–H groups in total. The van der Waals surface area contributed by atoms with Gasteiger partial charge < -0.3 is 10.6 Å². The second-order valence-electron chi connectivity index (χ2n) is 5.29. The van der Waals surface area contributed by atoms with Crippen molar-refractivity contribution in [3.63, 3.8) is 0 Å². The summed E-state index contributed by atoms with van der Waals surface area (Å²) >= 11 is 5.06. The fourth-order valence-corrected chi connectivity index (χ4v) is 3.03. The number of nitrogens with zero attached hydrogens (tertiary/aromatic N) is 3. The third-order valence-electron chi connectivity index (χ3n) is 4.54. The van der Waals surface area contributed by atoms with Gasteiger partial charge in [-0.15, -0.1) is 0 Å². The highest BCUT2D eigenvalue weighted by Gasteiger charge is 2.32. The van der Waals surface area contributed by atoms with Crippen LogP contribution >= 0.6 is 12.2 Å². The van der Waals surface area contributed by atoms with Crippen molar-refractivity contribution in [2.45, 2.75) is 39.5 Å². The van der Waals surface area contributed by atoms with Gasteiger partial charge in [-0.3, -0.25) is 0 Å². The van der Waals surface area contributed by atoms with Crippen molar-refractivity contribution < 1.29 is 0 Å². The molecule has 0 radical (unpaired) electrons. The van der Waals surface area contributed by atoms with E-state index >= 15 is 0 Å². The van der Waals surface area contributed by atoms with Crippen LogP contribution in [0, 0.1) is 5.41 Å². The number of hydrogen-bond donors (Lipinski definition) is 1. The Morgan fingerprint density at radius 3 is 2.37 bits per heavy atom. The van der Waals surface area contributed by atoms with Crippen LogP contribution in [0.3, 0.4) is 0 Å². The van der Waals surface area contributed by atoms with Crippen LogP contribution in [0.4, 0.5) is 5.82 Å². The van der Waals surface area contributed by atoms with Crippen LogP contribution in [0.1, 0.15) is 45.2 Å². The van der Waals surface area contributed by atoms with E-state index in [1.807, 2.05) is 0 Å². The van der Waals surface area contributed by atoms with E-state index in [0.717, 1.165) is 18.9 Å². The summed E-state index contributed by atoms with van der Waals surface area (Å²) in [6.07, 6.45) is 8.25. The number of aromatic nitrogens is 2. The van der Waals surface area contributed by atoms with Crippen molar-refractivity contribution >= 4 is 23.0 Å². The highest BCUT2D eigenvalue weighted by atomic mass is 32.1. The minimum atomic E-state index is 0.325. The van der Waals surface area contributed by atoms with Gasteiger partial charge in [-0.25, -0.2) is 9.97 Å². The molecule has 0 aliphatic carbocycles. The van der Waals surface area contributed by atoms with Crippen molar-refractivity contribution in [3.05, 3.63) is 18.1 Å². The molecule has 104 valence electrons. The molecule has 19 heavy (non-hydrogen) atoms. The zero-order valence-electron chi connectivity index (χ0n) is 11.7. The topological polar surface area (TPSA) is 55.0 Å². The van der Waals surface area contributed by atoms with E-state index in [-0.39, 0.29) is 0 Å². The molecule has 0 aromatic carbocycles. The van der Waals surface area contributed by atoms with Crippen molar-refractivity contribution in [1.82, 2.24) is 9.97 Å². The van der Waals surface area contributed by atoms with Gasteiger partial charge in [0.05, 0.1) is 0 Å². The number of thiocarbonyl (C=S) groups is 1. The van der Waals surface area contributed by atoms with Gasteiger partial charge in [0.25, 0.3) is 0 Å². The summed E-state index contributed by atoms with van der Waals surface area (Å²) in [6, 6.07) is 0. The number of rotatable bonds is 4. The van der Waals surface area contributed by atoms with Gasteiger partial charge in [-0.05, 0) is 18.3 Å². The predicted molar refractivity (Wildman–Crippen MR) is 82.4 cm³/mol. The second-order valence-corrected chi connectivity index (χ2v) is 5.73. The molecule has 1 aromatic rings. The van der Waals surface area contributed by atoms with Gasteiger partial charge in [0.15, 0.2) is 5.82 Å². The Hall–Kier alpha value is -1.23. The first kappa shape index (κ1) is 14.2. The Bertz CT molecular complexity index is 447. The fraction of sp³-hybridized carbons (Fsp3) is 0.643. The van der Waals surface area contributed by atoms with Gasteiger partial charge in [0.2, 0.25) is 0 Å². The summed E-state index contributed by atoms with van der Waals surface area (Å²) in [6.45, 7) is 6.61. The minimum Gasteiger partial charge on any atom is -0.388 e. The molecule has 0 spiro atoms. The third kappa shape index (κ3) is 2.86. The lowest BCUT2D eigenvalue weighted by atomic mass is 9.74. The smallest absolute Gasteiger partial charge is 0.157 e. The average Bonchev–Trinajstić information content (AvgIpc) is 2.47. The number of piperidine rings is 1. The van der Waals surface area contributed by atoms with Crippen LogP contribution in [0.25, 0.3) is 0 Å². The van der Waals surface area contributed by atoms with E-state index in [1.54, 1.807) is 12.4 Å². The van der Waals surface area contributed by atoms with E-state index in [9.17, 15) is 0 Å². The lowest BCUT2D eigenvalue weighted by Gasteiger charge is -2.41. The van der Waals surface area contributed by atoms with Gasteiger partial charge in [0.1, 0.15) is 10.7 Å². The summed E-state index contributed by atoms with van der Waals surface area (Å²) in [5, 5.41) is 0. The molecule has 0 atom stereocenters. The van der Waals surface area contributed by atoms with Crippen molar-refractivity contribution in [1.29, 1.82) is 0 Å². The predicted octanol–water partition coefficient (Wildman–Crippen LogP) is 2.52. The zero-order valence-corrected chi connectivity index (χ0v) is 12.5. The van der Waals surface area contributed by atoms with E-state index < -0.39 is 0 Å². The van der Waals surface area contributed by atoms with Gasteiger partial charge in [-0.2, -0.15) is 0 Å². The number of nitrogens with two attached hydrogens (primary N) is 1. The molecule has 4 nitrogen and oxygen atoms in total. The van der Waals surface area contributed by atoms with Crippen LogP contribution in [-0.2, 0) is 0 Å². The molecule has 5 heteroatoms. The van der Waals surface area contributed by atoms with Crippen molar-refractivity contribution in [2.75, 3.05) is 18.0 Å². The van der Waals surface area contributed by atoms with Gasteiger partial charge >= 0.3 is 0 Å². The molecule has 0 saturated carbocycles. The molecule has 2 rings (SSSR count). The Balaban J connectivity index is 2.16. The molecule has 1 aromatic heterocycles. The number of anilines is 1. The Morgan fingerprint density at radius 2 is 1.84 bits per heavy atom. The lowest BCUT2D eigenvalue weighted by Crippen LogP contribution is -2.41. The maximum atomic E-state index is 5.73. The van der Waals surface area contributed by atoms with E-state index in [4.69, 9.17) is 18.0 Å². The van der Waals surface area contributed by atoms with Gasteiger partial charge in [-0.1, -0.05) is 38.9 Å². The van der Waals surface area contributed by atoms with Crippen LogP contribution in [0.5, 0.6) is 0 Å². The fourth-order valence-electron chi connectivity index (χ4n) is 2.89. The molecule has 1 saturated heterocycles. The lowest BCUT2D eigenvalue weighted by molar-refractivity contribution is 0.199. The molecule has 0 unspecified atom stereocenters. The molecule has 0 bridgehead atoms. The molecule has 1 fully saturated rings. The first-order chi connectivity index (χ1) is 9.12. The van der Waals surface area contributed by atoms with E-state index in [1.165, 1.54) is 25.7 Å². The van der Waals surface area contributed by atoms with Crippen LogP contribution in [-0.4, -0.2) is 28.0 Å². The van der Waals surface area contributed by atoms with Gasteiger partial charge in [0, 0.05) is 25.5 Å². The molecule has 1 aliphatic heterocycles. The zero-order chi connectivity index (χ0) is 13.9. The largest absolute Gasteiger partial charge is 0.388 e. The normalized spacial score (nSPS) is 18.3. The van der Waals surface area contributed by atoms with Crippen LogP contribution in [0.15, 0.2) is 12.4 Å². The Kier molecular flexibility index (Phi) is 4.34. The summed E-state index contributed by atoms with van der Waals surface area (Å²) in [7, 11) is 0. The quantitative estimate of drug-likeness (QED) is 0.858.